The molecule has 0 spiro atoms. The van der Waals surface area contributed by atoms with Crippen LogP contribution in [0.25, 0.3) is 0 Å². The van der Waals surface area contributed by atoms with Crippen molar-refractivity contribution in [2.24, 2.45) is 0 Å². The first-order valence-corrected chi connectivity index (χ1v) is 7.15. The summed E-state index contributed by atoms with van der Waals surface area (Å²) in [6, 6.07) is 0. The normalized spacial score (nSPS) is 16.8. The lowest BCUT2D eigenvalue weighted by atomic mass is 10.2. The van der Waals surface area contributed by atoms with Gasteiger partial charge in [-0.15, -0.1) is 0 Å². The summed E-state index contributed by atoms with van der Waals surface area (Å²) < 4.78 is 5.73. The van der Waals surface area contributed by atoms with Gasteiger partial charge < -0.3 is 14.9 Å². The summed E-state index contributed by atoms with van der Waals surface area (Å²) in [7, 11) is 0. The number of hydrogen-bond acceptors (Lipinski definition) is 4. The van der Waals surface area contributed by atoms with E-state index >= 15 is 0 Å². The molecule has 0 rings (SSSR count). The second-order valence-electron chi connectivity index (χ2n) is 5.31. The van der Waals surface area contributed by atoms with Gasteiger partial charge in [0.1, 0.15) is 0 Å². The minimum absolute atomic E-state index is 0.138. The Morgan fingerprint density at radius 1 is 0.944 bits per heavy atom. The molecule has 0 bridgehead atoms. The summed E-state index contributed by atoms with van der Waals surface area (Å²) in [5, 5.41) is 18.9. The standard InChI is InChI=1S/C14H31NO3/c1-5-6-7-8-18-14(4)11-15(9-12(2)16)10-13(3)17/h12-14,16-17H,5-11H2,1-4H3. The Kier molecular flexibility index (Phi) is 10.6. The van der Waals surface area contributed by atoms with Gasteiger partial charge in [-0.2, -0.15) is 0 Å². The fourth-order valence-electron chi connectivity index (χ4n) is 2.02. The zero-order valence-electron chi connectivity index (χ0n) is 12.4. The average Bonchev–Trinajstić information content (AvgIpc) is 2.22. The Morgan fingerprint density at radius 2 is 1.50 bits per heavy atom. The van der Waals surface area contributed by atoms with Gasteiger partial charge in [0.25, 0.3) is 0 Å². The molecule has 0 saturated carbocycles. The molecule has 0 aliphatic carbocycles. The van der Waals surface area contributed by atoms with Gasteiger partial charge in [-0.25, -0.2) is 0 Å². The minimum atomic E-state index is -0.379. The van der Waals surface area contributed by atoms with Crippen molar-refractivity contribution in [1.82, 2.24) is 4.90 Å². The van der Waals surface area contributed by atoms with E-state index in [0.29, 0.717) is 13.1 Å². The van der Waals surface area contributed by atoms with Crippen LogP contribution in [0.1, 0.15) is 47.0 Å². The second-order valence-corrected chi connectivity index (χ2v) is 5.31. The predicted octanol–water partition coefficient (Wildman–Crippen LogP) is 1.65. The smallest absolute Gasteiger partial charge is 0.0673 e. The number of unbranched alkanes of at least 4 members (excludes halogenated alkanes) is 2. The SMILES string of the molecule is CCCCCOC(C)CN(CC(C)O)CC(C)O. The number of aliphatic hydroxyl groups is 2. The van der Waals surface area contributed by atoms with Crippen LogP contribution in [0, 0.1) is 0 Å². The number of hydrogen-bond donors (Lipinski definition) is 2. The lowest BCUT2D eigenvalue weighted by molar-refractivity contribution is 0.0121. The Morgan fingerprint density at radius 3 is 1.94 bits per heavy atom. The summed E-state index contributed by atoms with van der Waals surface area (Å²) in [5.74, 6) is 0. The van der Waals surface area contributed by atoms with Crippen LogP contribution in [-0.4, -0.2) is 59.7 Å². The first-order valence-electron chi connectivity index (χ1n) is 7.15. The fourth-order valence-corrected chi connectivity index (χ4v) is 2.02. The molecule has 110 valence electrons. The van der Waals surface area contributed by atoms with Crippen molar-refractivity contribution in [2.45, 2.75) is 65.3 Å². The van der Waals surface area contributed by atoms with E-state index in [9.17, 15) is 10.2 Å². The van der Waals surface area contributed by atoms with Crippen LogP contribution in [0.3, 0.4) is 0 Å². The maximum atomic E-state index is 9.43. The molecule has 0 saturated heterocycles. The van der Waals surface area contributed by atoms with E-state index in [1.54, 1.807) is 13.8 Å². The average molecular weight is 261 g/mol. The molecule has 3 unspecified atom stereocenters. The van der Waals surface area contributed by atoms with Gasteiger partial charge in [0, 0.05) is 26.2 Å². The highest BCUT2D eigenvalue weighted by molar-refractivity contribution is 4.67. The van der Waals surface area contributed by atoms with Crippen LogP contribution in [0.2, 0.25) is 0 Å². The van der Waals surface area contributed by atoms with Crippen LogP contribution in [0.15, 0.2) is 0 Å². The molecule has 18 heavy (non-hydrogen) atoms. The molecule has 0 aromatic rings. The van der Waals surface area contributed by atoms with Gasteiger partial charge in [-0.05, 0) is 27.2 Å². The summed E-state index contributed by atoms with van der Waals surface area (Å²) in [4.78, 5) is 2.06. The topological polar surface area (TPSA) is 52.9 Å². The van der Waals surface area contributed by atoms with E-state index < -0.39 is 0 Å². The number of ether oxygens (including phenoxy) is 1. The Bertz CT molecular complexity index is 176. The van der Waals surface area contributed by atoms with Crippen LogP contribution >= 0.6 is 0 Å². The van der Waals surface area contributed by atoms with E-state index in [4.69, 9.17) is 4.74 Å². The van der Waals surface area contributed by atoms with Crippen molar-refractivity contribution in [2.75, 3.05) is 26.2 Å². The Balaban J connectivity index is 3.89. The molecule has 3 atom stereocenters. The fraction of sp³-hybridized carbons (Fsp3) is 1.00. The van der Waals surface area contributed by atoms with Crippen LogP contribution < -0.4 is 0 Å². The first-order chi connectivity index (χ1) is 8.45. The highest BCUT2D eigenvalue weighted by atomic mass is 16.5. The van der Waals surface area contributed by atoms with Crippen molar-refractivity contribution in [3.8, 4) is 0 Å². The molecule has 0 aromatic heterocycles. The highest BCUT2D eigenvalue weighted by Gasteiger charge is 2.14. The van der Waals surface area contributed by atoms with E-state index in [1.807, 2.05) is 6.92 Å². The van der Waals surface area contributed by atoms with Gasteiger partial charge in [0.05, 0.1) is 18.3 Å². The van der Waals surface area contributed by atoms with Gasteiger partial charge in [0.2, 0.25) is 0 Å². The van der Waals surface area contributed by atoms with E-state index in [-0.39, 0.29) is 18.3 Å². The van der Waals surface area contributed by atoms with Crippen LogP contribution in [0.5, 0.6) is 0 Å². The molecule has 0 heterocycles. The molecule has 2 N–H and O–H groups in total. The van der Waals surface area contributed by atoms with Crippen molar-refractivity contribution in [3.05, 3.63) is 0 Å². The lowest BCUT2D eigenvalue weighted by Crippen LogP contribution is -2.41. The van der Waals surface area contributed by atoms with Gasteiger partial charge in [-0.1, -0.05) is 19.8 Å². The monoisotopic (exact) mass is 261 g/mol. The number of rotatable bonds is 11. The Labute approximate surface area is 112 Å². The quantitative estimate of drug-likeness (QED) is 0.555. The molecule has 0 radical (unpaired) electrons. The molecule has 0 aromatic carbocycles. The molecule has 0 fully saturated rings. The third-order valence-corrected chi connectivity index (χ3v) is 2.71. The largest absolute Gasteiger partial charge is 0.392 e. The zero-order chi connectivity index (χ0) is 14.0. The number of aliphatic hydroxyl groups excluding tert-OH is 2. The Hall–Kier alpha value is -0.160. The molecule has 0 aliphatic rings. The minimum Gasteiger partial charge on any atom is -0.392 e. The zero-order valence-corrected chi connectivity index (χ0v) is 12.4. The van der Waals surface area contributed by atoms with Crippen LogP contribution in [-0.2, 0) is 4.74 Å². The molecule has 4 nitrogen and oxygen atoms in total. The third-order valence-electron chi connectivity index (χ3n) is 2.71. The van der Waals surface area contributed by atoms with Crippen molar-refractivity contribution in [3.63, 3.8) is 0 Å². The summed E-state index contributed by atoms with van der Waals surface area (Å²) in [6.45, 7) is 10.5. The van der Waals surface area contributed by atoms with E-state index in [1.165, 1.54) is 12.8 Å². The summed E-state index contributed by atoms with van der Waals surface area (Å²) in [5.41, 5.74) is 0. The highest BCUT2D eigenvalue weighted by Crippen LogP contribution is 2.03. The molecular weight excluding hydrogens is 230 g/mol. The molecule has 0 aliphatic heterocycles. The molecule has 4 heteroatoms. The molecular formula is C14H31NO3. The van der Waals surface area contributed by atoms with Gasteiger partial charge in [0.15, 0.2) is 0 Å². The third kappa shape index (κ3) is 11.0. The van der Waals surface area contributed by atoms with Gasteiger partial charge in [-0.3, -0.25) is 4.90 Å². The summed E-state index contributed by atoms with van der Waals surface area (Å²) in [6.07, 6.45) is 2.89. The van der Waals surface area contributed by atoms with Crippen molar-refractivity contribution < 1.29 is 14.9 Å². The van der Waals surface area contributed by atoms with E-state index in [0.717, 1.165) is 19.6 Å². The van der Waals surface area contributed by atoms with Gasteiger partial charge >= 0.3 is 0 Å². The number of nitrogens with zero attached hydrogens (tertiary/aromatic N) is 1. The maximum absolute atomic E-state index is 9.43. The second kappa shape index (κ2) is 10.7. The predicted molar refractivity (Wildman–Crippen MR) is 74.7 cm³/mol. The van der Waals surface area contributed by atoms with Crippen molar-refractivity contribution >= 4 is 0 Å². The first kappa shape index (κ1) is 17.8. The van der Waals surface area contributed by atoms with E-state index in [2.05, 4.69) is 11.8 Å². The summed E-state index contributed by atoms with van der Waals surface area (Å²) >= 11 is 0. The lowest BCUT2D eigenvalue weighted by Gasteiger charge is -2.27. The van der Waals surface area contributed by atoms with Crippen molar-refractivity contribution in [1.29, 1.82) is 0 Å². The maximum Gasteiger partial charge on any atom is 0.0673 e. The molecule has 0 amide bonds. The van der Waals surface area contributed by atoms with Crippen LogP contribution in [0.4, 0.5) is 0 Å².